The smallest absolute Gasteiger partial charge is 0.247 e. The van der Waals surface area contributed by atoms with Crippen molar-refractivity contribution in [1.29, 1.82) is 0 Å². The van der Waals surface area contributed by atoms with Gasteiger partial charge in [0, 0.05) is 42.4 Å². The summed E-state index contributed by atoms with van der Waals surface area (Å²) in [5.74, 6) is 0.708. The van der Waals surface area contributed by atoms with Gasteiger partial charge in [0.2, 0.25) is 5.56 Å². The standard InChI is InChI=1S/C15H12FN3O/c16-11-7-12-13(19-5-1-2-14(19)18-12)6-10(11)9-3-4-15(20)17-8-9/h3-4,6-8H,1-2,5H2,(H,17,20). The van der Waals surface area contributed by atoms with Gasteiger partial charge in [0.05, 0.1) is 11.0 Å². The summed E-state index contributed by atoms with van der Waals surface area (Å²) in [4.78, 5) is 18.1. The molecule has 0 saturated heterocycles. The van der Waals surface area contributed by atoms with E-state index >= 15 is 0 Å². The first-order valence-corrected chi connectivity index (χ1v) is 6.60. The minimum Gasteiger partial charge on any atom is -0.328 e. The second-order valence-electron chi connectivity index (χ2n) is 5.05. The molecule has 1 aromatic carbocycles. The number of aryl methyl sites for hydroxylation is 2. The van der Waals surface area contributed by atoms with E-state index in [0.717, 1.165) is 30.7 Å². The number of halogens is 1. The number of nitrogens with one attached hydrogen (secondary N) is 1. The molecule has 0 bridgehead atoms. The molecule has 0 radical (unpaired) electrons. The van der Waals surface area contributed by atoms with E-state index in [1.807, 2.05) is 6.07 Å². The molecule has 0 aliphatic carbocycles. The Balaban J connectivity index is 1.97. The number of pyridine rings is 1. The van der Waals surface area contributed by atoms with E-state index in [9.17, 15) is 9.18 Å². The lowest BCUT2D eigenvalue weighted by Crippen LogP contribution is -2.02. The third kappa shape index (κ3) is 1.59. The normalized spacial score (nSPS) is 13.8. The number of nitrogens with zero attached hydrogens (tertiary/aromatic N) is 2. The molecule has 5 heteroatoms. The highest BCUT2D eigenvalue weighted by Gasteiger charge is 2.18. The molecule has 1 aliphatic rings. The molecular formula is C15H12FN3O. The second kappa shape index (κ2) is 4.03. The SMILES string of the molecule is O=c1ccc(-c2cc3c(cc2F)nc2n3CCC2)c[nH]1. The van der Waals surface area contributed by atoms with Crippen LogP contribution in [-0.2, 0) is 13.0 Å². The van der Waals surface area contributed by atoms with Gasteiger partial charge in [-0.25, -0.2) is 9.37 Å². The highest BCUT2D eigenvalue weighted by Crippen LogP contribution is 2.29. The van der Waals surface area contributed by atoms with Gasteiger partial charge in [0.15, 0.2) is 0 Å². The van der Waals surface area contributed by atoms with Gasteiger partial charge in [-0.1, -0.05) is 0 Å². The van der Waals surface area contributed by atoms with Crippen molar-refractivity contribution in [2.45, 2.75) is 19.4 Å². The average molecular weight is 269 g/mol. The van der Waals surface area contributed by atoms with Crippen LogP contribution < -0.4 is 5.56 Å². The number of aromatic amines is 1. The van der Waals surface area contributed by atoms with Crippen molar-refractivity contribution >= 4 is 11.0 Å². The third-order valence-corrected chi connectivity index (χ3v) is 3.79. The minimum atomic E-state index is -0.318. The quantitative estimate of drug-likeness (QED) is 0.737. The van der Waals surface area contributed by atoms with Gasteiger partial charge < -0.3 is 9.55 Å². The Kier molecular flexibility index (Phi) is 2.30. The first kappa shape index (κ1) is 11.4. The highest BCUT2D eigenvalue weighted by atomic mass is 19.1. The Labute approximate surface area is 113 Å². The van der Waals surface area contributed by atoms with E-state index in [-0.39, 0.29) is 11.4 Å². The zero-order valence-electron chi connectivity index (χ0n) is 10.7. The van der Waals surface area contributed by atoms with Crippen molar-refractivity contribution in [3.63, 3.8) is 0 Å². The minimum absolute atomic E-state index is 0.194. The Morgan fingerprint density at radius 2 is 2.20 bits per heavy atom. The third-order valence-electron chi connectivity index (χ3n) is 3.79. The van der Waals surface area contributed by atoms with Gasteiger partial charge in [0.1, 0.15) is 11.6 Å². The maximum atomic E-state index is 14.2. The van der Waals surface area contributed by atoms with E-state index in [2.05, 4.69) is 14.5 Å². The molecule has 0 saturated carbocycles. The largest absolute Gasteiger partial charge is 0.328 e. The molecule has 1 N–H and O–H groups in total. The van der Waals surface area contributed by atoms with Crippen LogP contribution in [0.2, 0.25) is 0 Å². The monoisotopic (exact) mass is 269 g/mol. The maximum absolute atomic E-state index is 14.2. The van der Waals surface area contributed by atoms with E-state index in [0.29, 0.717) is 16.6 Å². The zero-order valence-corrected chi connectivity index (χ0v) is 10.7. The van der Waals surface area contributed by atoms with Crippen molar-refractivity contribution in [3.05, 3.63) is 52.5 Å². The molecule has 0 amide bonds. The van der Waals surface area contributed by atoms with E-state index < -0.39 is 0 Å². The number of rotatable bonds is 1. The summed E-state index contributed by atoms with van der Waals surface area (Å²) in [7, 11) is 0. The van der Waals surface area contributed by atoms with Gasteiger partial charge in [0.25, 0.3) is 0 Å². The van der Waals surface area contributed by atoms with Crippen LogP contribution in [0.1, 0.15) is 12.2 Å². The topological polar surface area (TPSA) is 50.7 Å². The van der Waals surface area contributed by atoms with Crippen LogP contribution >= 0.6 is 0 Å². The van der Waals surface area contributed by atoms with Crippen LogP contribution in [0.5, 0.6) is 0 Å². The number of imidazole rings is 1. The lowest BCUT2D eigenvalue weighted by molar-refractivity contribution is 0.632. The van der Waals surface area contributed by atoms with Crippen molar-refractivity contribution < 1.29 is 4.39 Å². The summed E-state index contributed by atoms with van der Waals surface area (Å²) >= 11 is 0. The van der Waals surface area contributed by atoms with Crippen LogP contribution in [-0.4, -0.2) is 14.5 Å². The van der Waals surface area contributed by atoms with Crippen LogP contribution in [0.25, 0.3) is 22.2 Å². The molecule has 0 unspecified atom stereocenters. The molecule has 0 fully saturated rings. The molecule has 3 heterocycles. The van der Waals surface area contributed by atoms with Crippen LogP contribution in [0.4, 0.5) is 4.39 Å². The summed E-state index contributed by atoms with van der Waals surface area (Å²) in [6, 6.07) is 6.32. The Morgan fingerprint density at radius 3 is 3.00 bits per heavy atom. The summed E-state index contributed by atoms with van der Waals surface area (Å²) in [6.07, 6.45) is 3.57. The average Bonchev–Trinajstić information content (AvgIpc) is 2.99. The van der Waals surface area contributed by atoms with Crippen LogP contribution in [0.15, 0.2) is 35.3 Å². The number of hydrogen-bond donors (Lipinski definition) is 1. The predicted octanol–water partition coefficient (Wildman–Crippen LogP) is 2.48. The number of hydrogen-bond acceptors (Lipinski definition) is 2. The maximum Gasteiger partial charge on any atom is 0.247 e. The molecule has 20 heavy (non-hydrogen) atoms. The lowest BCUT2D eigenvalue weighted by Gasteiger charge is -2.05. The number of benzene rings is 1. The molecule has 0 atom stereocenters. The molecule has 0 spiro atoms. The lowest BCUT2D eigenvalue weighted by atomic mass is 10.1. The van der Waals surface area contributed by atoms with Crippen molar-refractivity contribution in [2.75, 3.05) is 0 Å². The zero-order chi connectivity index (χ0) is 13.7. The van der Waals surface area contributed by atoms with Gasteiger partial charge in [-0.3, -0.25) is 4.79 Å². The van der Waals surface area contributed by atoms with E-state index in [1.165, 1.54) is 18.3 Å². The van der Waals surface area contributed by atoms with Crippen molar-refractivity contribution in [3.8, 4) is 11.1 Å². The van der Waals surface area contributed by atoms with Gasteiger partial charge in [-0.05, 0) is 18.6 Å². The Bertz CT molecular complexity index is 858. The molecule has 3 aromatic rings. The fourth-order valence-corrected chi connectivity index (χ4v) is 2.83. The number of fused-ring (bicyclic) bond motifs is 3. The Hall–Kier alpha value is -2.43. The van der Waals surface area contributed by atoms with Crippen LogP contribution in [0, 0.1) is 5.82 Å². The van der Waals surface area contributed by atoms with E-state index in [4.69, 9.17) is 0 Å². The molecule has 100 valence electrons. The molecule has 4 nitrogen and oxygen atoms in total. The summed E-state index contributed by atoms with van der Waals surface area (Å²) in [5, 5.41) is 0. The first-order chi connectivity index (χ1) is 9.72. The number of H-pyrrole nitrogens is 1. The molecule has 1 aliphatic heterocycles. The van der Waals surface area contributed by atoms with Gasteiger partial charge in [-0.2, -0.15) is 0 Å². The fraction of sp³-hybridized carbons (Fsp3) is 0.200. The van der Waals surface area contributed by atoms with Gasteiger partial charge >= 0.3 is 0 Å². The van der Waals surface area contributed by atoms with Crippen LogP contribution in [0.3, 0.4) is 0 Å². The highest BCUT2D eigenvalue weighted by molar-refractivity contribution is 5.83. The van der Waals surface area contributed by atoms with Crippen molar-refractivity contribution in [1.82, 2.24) is 14.5 Å². The predicted molar refractivity (Wildman–Crippen MR) is 74.1 cm³/mol. The molecule has 2 aromatic heterocycles. The summed E-state index contributed by atoms with van der Waals surface area (Å²) in [5.41, 5.74) is 2.62. The summed E-state index contributed by atoms with van der Waals surface area (Å²) in [6.45, 7) is 0.933. The molecule has 4 rings (SSSR count). The van der Waals surface area contributed by atoms with Crippen molar-refractivity contribution in [2.24, 2.45) is 0 Å². The fourth-order valence-electron chi connectivity index (χ4n) is 2.83. The second-order valence-corrected chi connectivity index (χ2v) is 5.05. The Morgan fingerprint density at radius 1 is 1.30 bits per heavy atom. The summed E-state index contributed by atoms with van der Waals surface area (Å²) < 4.78 is 16.4. The number of aromatic nitrogens is 3. The van der Waals surface area contributed by atoms with Gasteiger partial charge in [-0.15, -0.1) is 0 Å². The van der Waals surface area contributed by atoms with E-state index in [1.54, 1.807) is 6.07 Å². The first-order valence-electron chi connectivity index (χ1n) is 6.60. The molecular weight excluding hydrogens is 257 g/mol.